The monoisotopic (exact) mass is 344 g/mol. The molecule has 1 N–H and O–H groups in total. The third-order valence-corrected chi connectivity index (χ3v) is 5.91. The van der Waals surface area contributed by atoms with E-state index in [-0.39, 0.29) is 0 Å². The molecule has 0 spiro atoms. The second-order valence-electron chi connectivity index (χ2n) is 5.40. The van der Waals surface area contributed by atoms with Crippen LogP contribution in [-0.2, 0) is 4.79 Å². The van der Waals surface area contributed by atoms with Gasteiger partial charge in [-0.3, -0.25) is 0 Å². The van der Waals surface area contributed by atoms with E-state index in [4.69, 9.17) is 0 Å². The highest BCUT2D eigenvalue weighted by Gasteiger charge is 2.42. The second kappa shape index (κ2) is 5.40. The Balaban J connectivity index is 1.94. The molecule has 2 fully saturated rings. The Bertz CT molecular complexity index is 479. The Morgan fingerprint density at radius 3 is 2.84 bits per heavy atom. The van der Waals surface area contributed by atoms with Crippen LogP contribution < -0.4 is 4.90 Å². The molecule has 3 atom stereocenters. The van der Waals surface area contributed by atoms with Crippen molar-refractivity contribution in [1.82, 2.24) is 4.98 Å². The van der Waals surface area contributed by atoms with Gasteiger partial charge in [0.25, 0.3) is 0 Å². The number of anilines is 1. The van der Waals surface area contributed by atoms with Gasteiger partial charge in [0.05, 0.1) is 0 Å². The molecule has 0 radical (unpaired) electrons. The van der Waals surface area contributed by atoms with Gasteiger partial charge in [0, 0.05) is 11.4 Å². The van der Waals surface area contributed by atoms with Crippen LogP contribution in [0.5, 0.6) is 0 Å². The van der Waals surface area contributed by atoms with E-state index >= 15 is 0 Å². The van der Waals surface area contributed by atoms with Gasteiger partial charge in [0.15, 0.2) is 5.13 Å². The van der Waals surface area contributed by atoms with Crippen LogP contribution in [0.3, 0.4) is 0 Å². The van der Waals surface area contributed by atoms with E-state index in [1.54, 1.807) is 0 Å². The molecule has 3 unspecified atom stereocenters. The van der Waals surface area contributed by atoms with Crippen molar-refractivity contribution >= 4 is 38.4 Å². The number of carbonyl (C=O) groups is 1. The minimum Gasteiger partial charge on any atom is -0.480 e. The molecule has 19 heavy (non-hydrogen) atoms. The Morgan fingerprint density at radius 2 is 2.16 bits per heavy atom. The molecule has 0 aromatic carbocycles. The Labute approximate surface area is 125 Å². The lowest BCUT2D eigenvalue weighted by Crippen LogP contribution is -2.55. The Hall–Kier alpha value is -0.620. The maximum Gasteiger partial charge on any atom is 0.326 e. The molecule has 1 saturated carbocycles. The van der Waals surface area contributed by atoms with Gasteiger partial charge in [-0.15, -0.1) is 11.3 Å². The molecule has 1 aliphatic carbocycles. The average molecular weight is 345 g/mol. The number of carboxylic acids is 1. The molecule has 1 aromatic heterocycles. The molecule has 6 heteroatoms. The molecule has 2 heterocycles. The van der Waals surface area contributed by atoms with E-state index in [0.717, 1.165) is 29.0 Å². The number of thiazole rings is 1. The van der Waals surface area contributed by atoms with E-state index in [0.29, 0.717) is 12.0 Å². The van der Waals surface area contributed by atoms with E-state index < -0.39 is 12.0 Å². The van der Waals surface area contributed by atoms with E-state index in [9.17, 15) is 9.90 Å². The van der Waals surface area contributed by atoms with Crippen molar-refractivity contribution in [2.24, 2.45) is 5.92 Å². The van der Waals surface area contributed by atoms with Crippen LogP contribution in [0.15, 0.2) is 9.98 Å². The first-order valence-corrected chi connectivity index (χ1v) is 8.46. The average Bonchev–Trinajstić information content (AvgIpc) is 2.83. The topological polar surface area (TPSA) is 53.4 Å². The normalized spacial score (nSPS) is 31.0. The van der Waals surface area contributed by atoms with Crippen molar-refractivity contribution in [2.75, 3.05) is 4.90 Å². The predicted molar refractivity (Wildman–Crippen MR) is 78.7 cm³/mol. The van der Waals surface area contributed by atoms with Crippen LogP contribution in [0, 0.1) is 5.92 Å². The fourth-order valence-corrected chi connectivity index (χ4v) is 4.87. The molecule has 1 aromatic rings. The number of piperidine rings is 1. The first-order valence-electron chi connectivity index (χ1n) is 6.79. The van der Waals surface area contributed by atoms with Gasteiger partial charge in [0.2, 0.25) is 0 Å². The lowest BCUT2D eigenvalue weighted by molar-refractivity contribution is -0.139. The summed E-state index contributed by atoms with van der Waals surface area (Å²) in [5, 5.41) is 12.3. The van der Waals surface area contributed by atoms with Gasteiger partial charge in [0.1, 0.15) is 10.6 Å². The highest BCUT2D eigenvalue weighted by molar-refractivity contribution is 9.10. The summed E-state index contributed by atoms with van der Waals surface area (Å²) in [5.74, 6) is -0.0672. The number of aromatic nitrogens is 1. The van der Waals surface area contributed by atoms with Gasteiger partial charge in [-0.2, -0.15) is 0 Å². The highest BCUT2D eigenvalue weighted by Crippen LogP contribution is 2.41. The van der Waals surface area contributed by atoms with E-state index in [1.165, 1.54) is 30.6 Å². The zero-order valence-corrected chi connectivity index (χ0v) is 13.0. The summed E-state index contributed by atoms with van der Waals surface area (Å²) in [4.78, 5) is 18.1. The van der Waals surface area contributed by atoms with Crippen LogP contribution in [0.4, 0.5) is 5.13 Å². The summed E-state index contributed by atoms with van der Waals surface area (Å²) in [6.45, 7) is 0. The van der Waals surface area contributed by atoms with Crippen LogP contribution in [0.25, 0.3) is 0 Å². The minimum absolute atomic E-state index is 0.363. The molecule has 1 saturated heterocycles. The number of fused-ring (bicyclic) bond motifs is 1. The van der Waals surface area contributed by atoms with Gasteiger partial charge < -0.3 is 10.0 Å². The zero-order chi connectivity index (χ0) is 13.4. The first kappa shape index (κ1) is 13.4. The van der Waals surface area contributed by atoms with Crippen molar-refractivity contribution in [1.29, 1.82) is 0 Å². The smallest absolute Gasteiger partial charge is 0.326 e. The number of carboxylic acid groups (broad SMARTS) is 1. The van der Waals surface area contributed by atoms with Crippen molar-refractivity contribution in [3.63, 3.8) is 0 Å². The number of hydrogen-bond acceptors (Lipinski definition) is 4. The molecular weight excluding hydrogens is 328 g/mol. The summed E-state index contributed by atoms with van der Waals surface area (Å²) in [6.07, 6.45) is 6.62. The van der Waals surface area contributed by atoms with Crippen LogP contribution >= 0.6 is 27.3 Å². The van der Waals surface area contributed by atoms with Crippen molar-refractivity contribution < 1.29 is 9.90 Å². The summed E-state index contributed by atoms with van der Waals surface area (Å²) in [5.41, 5.74) is 0. The predicted octanol–water partition coefficient (Wildman–Crippen LogP) is 3.52. The fourth-order valence-electron chi connectivity index (χ4n) is 3.51. The van der Waals surface area contributed by atoms with Crippen molar-refractivity contribution in [3.8, 4) is 0 Å². The molecular formula is C13H17BrN2O2S. The molecule has 1 aliphatic heterocycles. The molecule has 2 aliphatic rings. The minimum atomic E-state index is -0.713. The molecule has 0 amide bonds. The highest BCUT2D eigenvalue weighted by atomic mass is 79.9. The standard InChI is InChI=1S/C13H17BrN2O2S/c14-11-7-19-13(15-11)16-9-4-2-1-3-8(9)5-6-10(16)12(17)18/h7-10H,1-6H2,(H,17,18). The first-order chi connectivity index (χ1) is 9.16. The molecule has 3 rings (SSSR count). The van der Waals surface area contributed by atoms with Crippen LogP contribution in [-0.4, -0.2) is 28.1 Å². The molecule has 104 valence electrons. The van der Waals surface area contributed by atoms with E-state index in [2.05, 4.69) is 25.8 Å². The van der Waals surface area contributed by atoms with Crippen LogP contribution in [0.2, 0.25) is 0 Å². The Kier molecular flexibility index (Phi) is 3.80. The lowest BCUT2D eigenvalue weighted by atomic mass is 9.76. The van der Waals surface area contributed by atoms with Gasteiger partial charge >= 0.3 is 5.97 Å². The Morgan fingerprint density at radius 1 is 1.37 bits per heavy atom. The lowest BCUT2D eigenvalue weighted by Gasteiger charge is -2.47. The van der Waals surface area contributed by atoms with Crippen molar-refractivity contribution in [2.45, 2.75) is 50.6 Å². The largest absolute Gasteiger partial charge is 0.480 e. The maximum absolute atomic E-state index is 11.5. The zero-order valence-electron chi connectivity index (χ0n) is 10.6. The number of rotatable bonds is 2. The summed E-state index contributed by atoms with van der Waals surface area (Å²) in [6, 6.07) is -0.0425. The molecule has 0 bridgehead atoms. The SMILES string of the molecule is O=C(O)C1CCC2CCCCC2N1c1nc(Br)cs1. The number of nitrogens with zero attached hydrogens (tertiary/aromatic N) is 2. The quantitative estimate of drug-likeness (QED) is 0.891. The van der Waals surface area contributed by atoms with Gasteiger partial charge in [-0.05, 0) is 47.5 Å². The fraction of sp³-hybridized carbons (Fsp3) is 0.692. The van der Waals surface area contributed by atoms with E-state index in [1.807, 2.05) is 5.38 Å². The second-order valence-corrected chi connectivity index (χ2v) is 7.05. The number of aliphatic carboxylic acids is 1. The number of halogens is 1. The van der Waals surface area contributed by atoms with Crippen molar-refractivity contribution in [3.05, 3.63) is 9.98 Å². The van der Waals surface area contributed by atoms with Gasteiger partial charge in [-0.1, -0.05) is 12.8 Å². The number of hydrogen-bond donors (Lipinski definition) is 1. The van der Waals surface area contributed by atoms with Crippen LogP contribution in [0.1, 0.15) is 38.5 Å². The van der Waals surface area contributed by atoms with Gasteiger partial charge in [-0.25, -0.2) is 9.78 Å². The third-order valence-electron chi connectivity index (χ3n) is 4.34. The maximum atomic E-state index is 11.5. The third kappa shape index (κ3) is 2.52. The summed E-state index contributed by atoms with van der Waals surface area (Å²) < 4.78 is 0.801. The summed E-state index contributed by atoms with van der Waals surface area (Å²) in [7, 11) is 0. The summed E-state index contributed by atoms with van der Waals surface area (Å²) >= 11 is 4.91. The molecule has 4 nitrogen and oxygen atoms in total.